The van der Waals surface area contributed by atoms with E-state index in [0.717, 1.165) is 17.0 Å². The largest absolute Gasteiger partial charge is 0.506 e. The van der Waals surface area contributed by atoms with Gasteiger partial charge in [-0.3, -0.25) is 9.48 Å². The number of nitrogens with zero attached hydrogens (tertiary/aromatic N) is 3. The molecular formula is C20H18Cl2N4O2. The highest BCUT2D eigenvalue weighted by atomic mass is 35.5. The number of hydrogen-bond acceptors (Lipinski definition) is 4. The molecule has 0 fully saturated rings. The van der Waals surface area contributed by atoms with Crippen LogP contribution < -0.4 is 5.43 Å². The van der Waals surface area contributed by atoms with Gasteiger partial charge in [0.05, 0.1) is 23.5 Å². The van der Waals surface area contributed by atoms with E-state index < -0.39 is 0 Å². The van der Waals surface area contributed by atoms with Crippen molar-refractivity contribution in [3.05, 3.63) is 80.6 Å². The van der Waals surface area contributed by atoms with Crippen molar-refractivity contribution < 1.29 is 9.90 Å². The Morgan fingerprint density at radius 3 is 2.57 bits per heavy atom. The van der Waals surface area contributed by atoms with Crippen LogP contribution >= 0.6 is 23.2 Å². The zero-order chi connectivity index (χ0) is 20.3. The van der Waals surface area contributed by atoms with Crippen LogP contribution in [0, 0.1) is 13.8 Å². The molecule has 8 heteroatoms. The zero-order valence-corrected chi connectivity index (χ0v) is 16.8. The number of halogens is 2. The van der Waals surface area contributed by atoms with Crippen LogP contribution in [0.15, 0.2) is 47.6 Å². The first kappa shape index (κ1) is 19.9. The third-order valence-electron chi connectivity index (χ3n) is 4.08. The Bertz CT molecular complexity index is 1040. The lowest BCUT2D eigenvalue weighted by atomic mass is 10.1. The van der Waals surface area contributed by atoms with E-state index in [1.165, 1.54) is 18.3 Å². The highest BCUT2D eigenvalue weighted by Gasteiger charge is 2.08. The fourth-order valence-electron chi connectivity index (χ4n) is 2.68. The SMILES string of the molecule is Cc1cc(C)n(Cc2ccc(C(=O)N/N=C\c3cc(Cl)cc(Cl)c3O)cc2)n1. The summed E-state index contributed by atoms with van der Waals surface area (Å²) in [5, 5.41) is 18.6. The van der Waals surface area contributed by atoms with Crippen molar-refractivity contribution in [1.82, 2.24) is 15.2 Å². The lowest BCUT2D eigenvalue weighted by Gasteiger charge is -2.06. The van der Waals surface area contributed by atoms with E-state index in [0.29, 0.717) is 22.7 Å². The van der Waals surface area contributed by atoms with Crippen molar-refractivity contribution >= 4 is 35.3 Å². The van der Waals surface area contributed by atoms with Gasteiger partial charge in [-0.25, -0.2) is 5.43 Å². The molecule has 0 bridgehead atoms. The van der Waals surface area contributed by atoms with E-state index in [4.69, 9.17) is 23.2 Å². The molecule has 0 aliphatic carbocycles. The second kappa shape index (κ2) is 8.46. The summed E-state index contributed by atoms with van der Waals surface area (Å²) in [6, 6.07) is 12.1. The molecule has 3 rings (SSSR count). The Hall–Kier alpha value is -2.83. The van der Waals surface area contributed by atoms with Crippen LogP contribution in [-0.2, 0) is 6.54 Å². The minimum atomic E-state index is -0.374. The molecule has 2 aromatic carbocycles. The van der Waals surface area contributed by atoms with E-state index in [-0.39, 0.29) is 16.7 Å². The van der Waals surface area contributed by atoms with E-state index in [1.807, 2.05) is 36.7 Å². The number of phenolic OH excluding ortho intramolecular Hbond substituents is 1. The van der Waals surface area contributed by atoms with Gasteiger partial charge in [-0.2, -0.15) is 10.2 Å². The van der Waals surface area contributed by atoms with E-state index >= 15 is 0 Å². The molecule has 6 nitrogen and oxygen atoms in total. The second-order valence-corrected chi connectivity index (χ2v) is 7.15. The fraction of sp³-hybridized carbons (Fsp3) is 0.150. The highest BCUT2D eigenvalue weighted by molar-refractivity contribution is 6.36. The topological polar surface area (TPSA) is 79.5 Å². The Balaban J connectivity index is 1.64. The number of aromatic nitrogens is 2. The van der Waals surface area contributed by atoms with Crippen molar-refractivity contribution in [3.63, 3.8) is 0 Å². The average molecular weight is 417 g/mol. The summed E-state index contributed by atoms with van der Waals surface area (Å²) in [4.78, 5) is 12.2. The predicted octanol–water partition coefficient (Wildman–Crippen LogP) is 4.32. The van der Waals surface area contributed by atoms with Gasteiger partial charge < -0.3 is 5.11 Å². The van der Waals surface area contributed by atoms with Crippen LogP contribution in [0.4, 0.5) is 0 Å². The molecule has 0 spiro atoms. The van der Waals surface area contributed by atoms with Gasteiger partial charge >= 0.3 is 0 Å². The molecule has 2 N–H and O–H groups in total. The summed E-state index contributed by atoms with van der Waals surface area (Å²) in [5.74, 6) is -0.529. The number of aryl methyl sites for hydroxylation is 2. The first-order valence-corrected chi connectivity index (χ1v) is 9.20. The molecule has 1 heterocycles. The standard InChI is InChI=1S/C20H18Cl2N4O2/c1-12-7-13(2)26(25-12)11-14-3-5-15(6-4-14)20(28)24-23-10-16-8-17(21)9-18(22)19(16)27/h3-10,27H,11H2,1-2H3,(H,24,28)/b23-10-. The van der Waals surface area contributed by atoms with Gasteiger partial charge in [0, 0.05) is 21.8 Å². The molecule has 144 valence electrons. The van der Waals surface area contributed by atoms with Crippen LogP contribution in [0.5, 0.6) is 5.75 Å². The molecule has 0 atom stereocenters. The van der Waals surface area contributed by atoms with Crippen LogP contribution in [-0.4, -0.2) is 27.0 Å². The maximum Gasteiger partial charge on any atom is 0.271 e. The number of phenols is 1. The summed E-state index contributed by atoms with van der Waals surface area (Å²) in [7, 11) is 0. The molecule has 3 aromatic rings. The summed E-state index contributed by atoms with van der Waals surface area (Å²) >= 11 is 11.7. The van der Waals surface area contributed by atoms with Gasteiger partial charge in [-0.1, -0.05) is 35.3 Å². The van der Waals surface area contributed by atoms with Crippen molar-refractivity contribution in [2.75, 3.05) is 0 Å². The first-order valence-electron chi connectivity index (χ1n) is 8.45. The number of hydrogen-bond donors (Lipinski definition) is 2. The number of rotatable bonds is 5. The van der Waals surface area contributed by atoms with E-state index in [1.54, 1.807) is 12.1 Å². The smallest absolute Gasteiger partial charge is 0.271 e. The Morgan fingerprint density at radius 2 is 1.93 bits per heavy atom. The van der Waals surface area contributed by atoms with Gasteiger partial charge in [0.2, 0.25) is 0 Å². The first-order chi connectivity index (χ1) is 13.3. The third-order valence-corrected chi connectivity index (χ3v) is 4.59. The Labute approximate surface area is 172 Å². The van der Waals surface area contributed by atoms with E-state index in [2.05, 4.69) is 15.6 Å². The van der Waals surface area contributed by atoms with E-state index in [9.17, 15) is 9.90 Å². The van der Waals surface area contributed by atoms with Gasteiger partial charge in [-0.15, -0.1) is 0 Å². The fourth-order valence-corrected chi connectivity index (χ4v) is 3.19. The normalized spacial score (nSPS) is 11.1. The molecule has 0 aliphatic rings. The molecule has 0 radical (unpaired) electrons. The van der Waals surface area contributed by atoms with Crippen molar-refractivity contribution in [2.24, 2.45) is 5.10 Å². The summed E-state index contributed by atoms with van der Waals surface area (Å²) in [6.45, 7) is 4.59. The predicted molar refractivity (Wildman–Crippen MR) is 110 cm³/mol. The molecular weight excluding hydrogens is 399 g/mol. The molecule has 0 unspecified atom stereocenters. The van der Waals surface area contributed by atoms with Gasteiger partial charge in [0.15, 0.2) is 0 Å². The summed E-state index contributed by atoms with van der Waals surface area (Å²) < 4.78 is 1.91. The summed E-state index contributed by atoms with van der Waals surface area (Å²) in [6.07, 6.45) is 1.28. The zero-order valence-electron chi connectivity index (χ0n) is 15.3. The van der Waals surface area contributed by atoms with Crippen LogP contribution in [0.25, 0.3) is 0 Å². The quantitative estimate of drug-likeness (QED) is 0.479. The number of hydrazone groups is 1. The number of carbonyl (C=O) groups excluding carboxylic acids is 1. The molecule has 28 heavy (non-hydrogen) atoms. The van der Waals surface area contributed by atoms with Crippen molar-refractivity contribution in [2.45, 2.75) is 20.4 Å². The molecule has 1 aromatic heterocycles. The minimum absolute atomic E-state index is 0.110. The molecule has 0 aliphatic heterocycles. The van der Waals surface area contributed by atoms with Gasteiger partial charge in [-0.05, 0) is 49.7 Å². The lowest BCUT2D eigenvalue weighted by Crippen LogP contribution is -2.17. The van der Waals surface area contributed by atoms with Crippen molar-refractivity contribution in [1.29, 1.82) is 0 Å². The van der Waals surface area contributed by atoms with Crippen molar-refractivity contribution in [3.8, 4) is 5.75 Å². The summed E-state index contributed by atoms with van der Waals surface area (Å²) in [5.41, 5.74) is 6.26. The lowest BCUT2D eigenvalue weighted by molar-refractivity contribution is 0.0955. The van der Waals surface area contributed by atoms with Gasteiger partial charge in [0.1, 0.15) is 5.75 Å². The third kappa shape index (κ3) is 4.71. The number of amides is 1. The number of benzene rings is 2. The van der Waals surface area contributed by atoms with Crippen LogP contribution in [0.3, 0.4) is 0 Å². The Morgan fingerprint density at radius 1 is 1.21 bits per heavy atom. The van der Waals surface area contributed by atoms with Crippen LogP contribution in [0.1, 0.15) is 32.9 Å². The maximum atomic E-state index is 12.2. The maximum absolute atomic E-state index is 12.2. The molecule has 0 saturated carbocycles. The molecule has 1 amide bonds. The minimum Gasteiger partial charge on any atom is -0.506 e. The van der Waals surface area contributed by atoms with Crippen LogP contribution in [0.2, 0.25) is 10.0 Å². The second-order valence-electron chi connectivity index (χ2n) is 6.31. The average Bonchev–Trinajstić information content (AvgIpc) is 2.96. The number of nitrogens with one attached hydrogen (secondary N) is 1. The number of aromatic hydroxyl groups is 1. The Kier molecular flexibility index (Phi) is 6.02. The molecule has 0 saturated heterocycles. The van der Waals surface area contributed by atoms with Gasteiger partial charge in [0.25, 0.3) is 5.91 Å². The monoisotopic (exact) mass is 416 g/mol. The highest BCUT2D eigenvalue weighted by Crippen LogP contribution is 2.29. The number of carbonyl (C=O) groups is 1.